The Labute approximate surface area is 171 Å². The Morgan fingerprint density at radius 1 is 1.20 bits per heavy atom. The van der Waals surface area contributed by atoms with E-state index in [4.69, 9.17) is 0 Å². The summed E-state index contributed by atoms with van der Waals surface area (Å²) in [5.74, 6) is -2.20. The number of aromatic nitrogens is 5. The van der Waals surface area contributed by atoms with Gasteiger partial charge in [0.1, 0.15) is 5.82 Å². The number of hydrogen-bond donors (Lipinski definition) is 2. The van der Waals surface area contributed by atoms with Crippen LogP contribution in [-0.4, -0.2) is 50.1 Å². The van der Waals surface area contributed by atoms with Crippen molar-refractivity contribution in [2.75, 3.05) is 23.3 Å². The third-order valence-corrected chi connectivity index (χ3v) is 4.88. The lowest BCUT2D eigenvalue weighted by Gasteiger charge is -2.22. The molecule has 1 aliphatic heterocycles. The predicted octanol–water partition coefficient (Wildman–Crippen LogP) is 3.48. The van der Waals surface area contributed by atoms with Gasteiger partial charge in [-0.2, -0.15) is 5.10 Å². The Morgan fingerprint density at radius 3 is 2.57 bits per heavy atom. The number of carbonyl (C=O) groups excluding carboxylic acids is 1. The van der Waals surface area contributed by atoms with Crippen molar-refractivity contribution in [3.8, 4) is 11.3 Å². The number of pyridine rings is 1. The normalized spacial score (nSPS) is 15.6. The summed E-state index contributed by atoms with van der Waals surface area (Å²) in [5, 5.41) is 9.60. The van der Waals surface area contributed by atoms with Gasteiger partial charge in [0.05, 0.1) is 23.5 Å². The molecule has 4 heterocycles. The van der Waals surface area contributed by atoms with Crippen LogP contribution in [0.1, 0.15) is 42.4 Å². The molecule has 0 spiro atoms. The van der Waals surface area contributed by atoms with Crippen LogP contribution in [0.4, 0.5) is 20.3 Å². The summed E-state index contributed by atoms with van der Waals surface area (Å²) in [6.07, 6.45) is 5.74. The van der Waals surface area contributed by atoms with Crippen molar-refractivity contribution in [3.63, 3.8) is 0 Å². The van der Waals surface area contributed by atoms with Crippen LogP contribution in [0.5, 0.6) is 0 Å². The summed E-state index contributed by atoms with van der Waals surface area (Å²) in [7, 11) is 0. The Bertz CT molecular complexity index is 1040. The topological polar surface area (TPSA) is 99.7 Å². The minimum atomic E-state index is -2.80. The van der Waals surface area contributed by atoms with Crippen molar-refractivity contribution >= 4 is 17.4 Å². The fourth-order valence-corrected chi connectivity index (χ4v) is 3.30. The van der Waals surface area contributed by atoms with Crippen molar-refractivity contribution in [2.24, 2.45) is 0 Å². The van der Waals surface area contributed by atoms with Gasteiger partial charge in [-0.05, 0) is 12.1 Å². The van der Waals surface area contributed by atoms with E-state index < -0.39 is 18.4 Å². The fraction of sp³-hybridized carbons (Fsp3) is 0.350. The highest BCUT2D eigenvalue weighted by molar-refractivity contribution is 6.07. The average Bonchev–Trinajstić information content (AvgIpc) is 3.37. The molecule has 1 aliphatic rings. The largest absolute Gasteiger partial charge is 0.349 e. The molecule has 0 bridgehead atoms. The van der Waals surface area contributed by atoms with Gasteiger partial charge in [-0.3, -0.25) is 9.89 Å². The molecule has 3 aromatic rings. The molecule has 3 aromatic heterocycles. The lowest BCUT2D eigenvalue weighted by Crippen LogP contribution is -2.27. The predicted molar refractivity (Wildman–Crippen MR) is 108 cm³/mol. The van der Waals surface area contributed by atoms with Crippen molar-refractivity contribution in [2.45, 2.75) is 32.1 Å². The number of anilines is 2. The number of aromatic amines is 1. The van der Waals surface area contributed by atoms with Gasteiger partial charge in [0.15, 0.2) is 5.82 Å². The molecule has 156 valence electrons. The number of rotatable bonds is 5. The van der Waals surface area contributed by atoms with Gasteiger partial charge in [-0.25, -0.2) is 23.7 Å². The van der Waals surface area contributed by atoms with Crippen LogP contribution in [0, 0.1) is 0 Å². The maximum atomic E-state index is 13.8. The van der Waals surface area contributed by atoms with E-state index in [0.29, 0.717) is 22.8 Å². The second-order valence-electron chi connectivity index (χ2n) is 7.49. The monoisotopic (exact) mass is 413 g/mol. The molecule has 0 aliphatic carbocycles. The third-order valence-electron chi connectivity index (χ3n) is 4.88. The standard InChI is InChI=1S/C20H21F2N7O/c1-12(2)17-24-9-13(10-25-17)19(30)27-16-14(15-4-7-26-28-15)3-6-23-18(16)29-8-5-20(21,22)11-29/h3-4,6-7,9-10,12H,5,8,11H2,1-2H3,(H,26,28)(H,27,30). The van der Waals surface area contributed by atoms with Crippen LogP contribution in [0.3, 0.4) is 0 Å². The highest BCUT2D eigenvalue weighted by Gasteiger charge is 2.40. The Morgan fingerprint density at radius 2 is 1.97 bits per heavy atom. The first kappa shape index (κ1) is 19.9. The number of halogens is 2. The number of carbonyl (C=O) groups is 1. The van der Waals surface area contributed by atoms with E-state index in [2.05, 4.69) is 30.5 Å². The van der Waals surface area contributed by atoms with Crippen LogP contribution < -0.4 is 10.2 Å². The van der Waals surface area contributed by atoms with Gasteiger partial charge in [0.2, 0.25) is 0 Å². The molecule has 0 saturated carbocycles. The minimum absolute atomic E-state index is 0.135. The third kappa shape index (κ3) is 3.98. The SMILES string of the molecule is CC(C)c1ncc(C(=O)Nc2c(-c3ccn[nH]3)ccnc2N2CCC(F)(F)C2)cn1. The molecule has 1 amide bonds. The smallest absolute Gasteiger partial charge is 0.266 e. The van der Waals surface area contributed by atoms with Gasteiger partial charge in [0.25, 0.3) is 11.8 Å². The van der Waals surface area contributed by atoms with Gasteiger partial charge in [-0.15, -0.1) is 0 Å². The molecule has 1 fully saturated rings. The molecular weight excluding hydrogens is 392 g/mol. The van der Waals surface area contributed by atoms with Crippen LogP contribution in [-0.2, 0) is 0 Å². The molecule has 30 heavy (non-hydrogen) atoms. The van der Waals surface area contributed by atoms with E-state index in [0.717, 1.165) is 0 Å². The summed E-state index contributed by atoms with van der Waals surface area (Å²) >= 11 is 0. The summed E-state index contributed by atoms with van der Waals surface area (Å²) in [5.41, 5.74) is 1.82. The first-order chi connectivity index (χ1) is 14.3. The maximum absolute atomic E-state index is 13.8. The second-order valence-corrected chi connectivity index (χ2v) is 7.49. The number of nitrogens with one attached hydrogen (secondary N) is 2. The number of nitrogens with zero attached hydrogens (tertiary/aromatic N) is 5. The summed E-state index contributed by atoms with van der Waals surface area (Å²) in [6.45, 7) is 3.60. The van der Waals surface area contributed by atoms with Crippen molar-refractivity contribution in [3.05, 3.63) is 48.3 Å². The Balaban J connectivity index is 1.70. The van der Waals surface area contributed by atoms with Gasteiger partial charge in [-0.1, -0.05) is 13.8 Å². The zero-order valence-electron chi connectivity index (χ0n) is 16.6. The zero-order chi connectivity index (χ0) is 21.3. The van der Waals surface area contributed by atoms with E-state index in [-0.39, 0.29) is 30.3 Å². The molecule has 1 saturated heterocycles. The highest BCUT2D eigenvalue weighted by atomic mass is 19.3. The molecular formula is C20H21F2N7O. The van der Waals surface area contributed by atoms with E-state index >= 15 is 0 Å². The molecule has 2 N–H and O–H groups in total. The van der Waals surface area contributed by atoms with E-state index in [1.807, 2.05) is 13.8 Å². The lowest BCUT2D eigenvalue weighted by molar-refractivity contribution is 0.0257. The lowest BCUT2D eigenvalue weighted by atomic mass is 10.1. The molecule has 10 heteroatoms. The Kier molecular flexibility index (Phi) is 5.15. The van der Waals surface area contributed by atoms with Crippen molar-refractivity contribution in [1.82, 2.24) is 25.1 Å². The van der Waals surface area contributed by atoms with Crippen molar-refractivity contribution in [1.29, 1.82) is 0 Å². The number of H-pyrrole nitrogens is 1. The average molecular weight is 413 g/mol. The van der Waals surface area contributed by atoms with Gasteiger partial charge < -0.3 is 10.2 Å². The first-order valence-electron chi connectivity index (χ1n) is 9.59. The summed E-state index contributed by atoms with van der Waals surface area (Å²) in [4.78, 5) is 27.1. The molecule has 0 atom stereocenters. The minimum Gasteiger partial charge on any atom is -0.349 e. The van der Waals surface area contributed by atoms with Crippen molar-refractivity contribution < 1.29 is 13.6 Å². The molecule has 4 rings (SSSR count). The number of amides is 1. The van der Waals surface area contributed by atoms with E-state index in [1.165, 1.54) is 23.5 Å². The van der Waals surface area contributed by atoms with Gasteiger partial charge in [0, 0.05) is 49.2 Å². The van der Waals surface area contributed by atoms with Crippen LogP contribution >= 0.6 is 0 Å². The molecule has 0 unspecified atom stereocenters. The number of hydrogen-bond acceptors (Lipinski definition) is 6. The van der Waals surface area contributed by atoms with Gasteiger partial charge >= 0.3 is 0 Å². The Hall–Kier alpha value is -3.43. The van der Waals surface area contributed by atoms with E-state index in [1.54, 1.807) is 18.3 Å². The van der Waals surface area contributed by atoms with Crippen LogP contribution in [0.25, 0.3) is 11.3 Å². The summed E-state index contributed by atoms with van der Waals surface area (Å²) in [6, 6.07) is 3.42. The number of alkyl halides is 2. The highest BCUT2D eigenvalue weighted by Crippen LogP contribution is 2.38. The van der Waals surface area contributed by atoms with Crippen LogP contribution in [0.2, 0.25) is 0 Å². The van der Waals surface area contributed by atoms with Crippen LogP contribution in [0.15, 0.2) is 36.9 Å². The van der Waals surface area contributed by atoms with E-state index in [9.17, 15) is 13.6 Å². The quantitative estimate of drug-likeness (QED) is 0.664. The molecule has 8 nitrogen and oxygen atoms in total. The molecule has 0 aromatic carbocycles. The summed E-state index contributed by atoms with van der Waals surface area (Å²) < 4.78 is 27.7. The first-order valence-corrected chi connectivity index (χ1v) is 9.59. The molecule has 0 radical (unpaired) electrons. The maximum Gasteiger partial charge on any atom is 0.266 e. The fourth-order valence-electron chi connectivity index (χ4n) is 3.30. The zero-order valence-corrected chi connectivity index (χ0v) is 16.6. The second kappa shape index (κ2) is 7.77.